The molecular formula is C10H18N4O. The number of carbonyl (C=O) groups is 1. The van der Waals surface area contributed by atoms with Crippen LogP contribution in [0.1, 0.15) is 26.7 Å². The number of aryl methyl sites for hydroxylation is 1. The minimum atomic E-state index is -0.431. The fraction of sp³-hybridized carbons (Fsp3) is 0.600. The zero-order valence-electron chi connectivity index (χ0n) is 9.23. The molecule has 1 rings (SSSR count). The van der Waals surface area contributed by atoms with E-state index in [-0.39, 0.29) is 5.91 Å². The topological polar surface area (TPSA) is 72.9 Å². The van der Waals surface area contributed by atoms with Crippen LogP contribution >= 0.6 is 0 Å². The summed E-state index contributed by atoms with van der Waals surface area (Å²) in [5.74, 6) is -0.146. The first-order valence-corrected chi connectivity index (χ1v) is 5.26. The SMILES string of the molecule is CCC[C@H](N)C(=O)Nc1cnn(CC)c1. The molecule has 1 aromatic rings. The molecule has 5 heteroatoms. The Morgan fingerprint density at radius 3 is 2.93 bits per heavy atom. The molecule has 0 fully saturated rings. The Bertz CT molecular complexity index is 321. The summed E-state index contributed by atoms with van der Waals surface area (Å²) in [6.07, 6.45) is 5.02. The minimum absolute atomic E-state index is 0.146. The minimum Gasteiger partial charge on any atom is -0.322 e. The van der Waals surface area contributed by atoms with Gasteiger partial charge in [0.25, 0.3) is 0 Å². The molecule has 0 saturated heterocycles. The number of carbonyl (C=O) groups excluding carboxylic acids is 1. The quantitative estimate of drug-likeness (QED) is 0.760. The van der Waals surface area contributed by atoms with E-state index in [1.807, 2.05) is 13.8 Å². The van der Waals surface area contributed by atoms with Gasteiger partial charge in [-0.1, -0.05) is 13.3 Å². The molecule has 0 aliphatic heterocycles. The maximum absolute atomic E-state index is 11.5. The van der Waals surface area contributed by atoms with Crippen molar-refractivity contribution in [1.82, 2.24) is 9.78 Å². The molecule has 0 radical (unpaired) electrons. The van der Waals surface area contributed by atoms with Crippen molar-refractivity contribution in [3.05, 3.63) is 12.4 Å². The molecule has 15 heavy (non-hydrogen) atoms. The van der Waals surface area contributed by atoms with Crippen molar-refractivity contribution in [2.75, 3.05) is 5.32 Å². The summed E-state index contributed by atoms with van der Waals surface area (Å²) in [6, 6.07) is -0.431. The lowest BCUT2D eigenvalue weighted by atomic mass is 10.2. The van der Waals surface area contributed by atoms with E-state index in [0.29, 0.717) is 12.1 Å². The molecule has 1 amide bonds. The fourth-order valence-corrected chi connectivity index (χ4v) is 1.28. The summed E-state index contributed by atoms with van der Waals surface area (Å²) in [5, 5.41) is 6.79. The van der Waals surface area contributed by atoms with E-state index < -0.39 is 6.04 Å². The first-order chi connectivity index (χ1) is 7.17. The van der Waals surface area contributed by atoms with Gasteiger partial charge in [0.05, 0.1) is 17.9 Å². The van der Waals surface area contributed by atoms with Crippen molar-refractivity contribution in [3.8, 4) is 0 Å². The molecule has 1 atom stereocenters. The van der Waals surface area contributed by atoms with E-state index >= 15 is 0 Å². The van der Waals surface area contributed by atoms with E-state index in [2.05, 4.69) is 10.4 Å². The van der Waals surface area contributed by atoms with Crippen molar-refractivity contribution in [1.29, 1.82) is 0 Å². The molecule has 1 heterocycles. The molecule has 5 nitrogen and oxygen atoms in total. The van der Waals surface area contributed by atoms with Crippen LogP contribution in [0.5, 0.6) is 0 Å². The Hall–Kier alpha value is -1.36. The third-order valence-electron chi connectivity index (χ3n) is 2.16. The number of aromatic nitrogens is 2. The van der Waals surface area contributed by atoms with E-state index in [1.165, 1.54) is 0 Å². The molecule has 0 bridgehead atoms. The zero-order chi connectivity index (χ0) is 11.3. The van der Waals surface area contributed by atoms with Gasteiger partial charge in [0, 0.05) is 12.7 Å². The summed E-state index contributed by atoms with van der Waals surface area (Å²) in [4.78, 5) is 11.5. The molecule has 0 aliphatic carbocycles. The Balaban J connectivity index is 2.50. The first kappa shape index (κ1) is 11.7. The highest BCUT2D eigenvalue weighted by molar-refractivity contribution is 5.94. The van der Waals surface area contributed by atoms with Gasteiger partial charge in [-0.05, 0) is 13.3 Å². The zero-order valence-corrected chi connectivity index (χ0v) is 9.23. The number of hydrogen-bond acceptors (Lipinski definition) is 3. The van der Waals surface area contributed by atoms with Gasteiger partial charge in [0.1, 0.15) is 0 Å². The Labute approximate surface area is 89.6 Å². The molecule has 1 aromatic heterocycles. The van der Waals surface area contributed by atoms with Gasteiger partial charge in [0.15, 0.2) is 0 Å². The summed E-state index contributed by atoms with van der Waals surface area (Å²) in [5.41, 5.74) is 6.38. The van der Waals surface area contributed by atoms with Crippen LogP contribution in [0.25, 0.3) is 0 Å². The molecule has 0 aromatic carbocycles. The Kier molecular flexibility index (Phi) is 4.30. The second-order valence-electron chi connectivity index (χ2n) is 3.47. The van der Waals surface area contributed by atoms with Crippen molar-refractivity contribution in [3.63, 3.8) is 0 Å². The van der Waals surface area contributed by atoms with Crippen LogP contribution in [-0.4, -0.2) is 21.7 Å². The molecule has 0 aliphatic rings. The maximum atomic E-state index is 11.5. The first-order valence-electron chi connectivity index (χ1n) is 5.26. The Morgan fingerprint density at radius 1 is 1.67 bits per heavy atom. The summed E-state index contributed by atoms with van der Waals surface area (Å²) in [7, 11) is 0. The van der Waals surface area contributed by atoms with Crippen LogP contribution in [-0.2, 0) is 11.3 Å². The van der Waals surface area contributed by atoms with E-state index in [4.69, 9.17) is 5.73 Å². The highest BCUT2D eigenvalue weighted by atomic mass is 16.2. The van der Waals surface area contributed by atoms with Crippen molar-refractivity contribution in [2.45, 2.75) is 39.3 Å². The number of hydrogen-bond donors (Lipinski definition) is 2. The van der Waals surface area contributed by atoms with Crippen LogP contribution in [0.15, 0.2) is 12.4 Å². The van der Waals surface area contributed by atoms with Crippen LogP contribution in [0.2, 0.25) is 0 Å². The van der Waals surface area contributed by atoms with Gasteiger partial charge in [-0.3, -0.25) is 9.48 Å². The average Bonchev–Trinajstić information content (AvgIpc) is 2.66. The molecule has 0 saturated carbocycles. The van der Waals surface area contributed by atoms with Gasteiger partial charge < -0.3 is 11.1 Å². The predicted molar refractivity (Wildman–Crippen MR) is 59.4 cm³/mol. The normalized spacial score (nSPS) is 12.5. The van der Waals surface area contributed by atoms with Gasteiger partial charge >= 0.3 is 0 Å². The predicted octanol–water partition coefficient (Wildman–Crippen LogP) is 0.969. The third-order valence-corrected chi connectivity index (χ3v) is 2.16. The lowest BCUT2D eigenvalue weighted by molar-refractivity contribution is -0.117. The van der Waals surface area contributed by atoms with E-state index in [0.717, 1.165) is 13.0 Å². The largest absolute Gasteiger partial charge is 0.322 e. The third kappa shape index (κ3) is 3.36. The molecule has 0 unspecified atom stereocenters. The number of nitrogens with one attached hydrogen (secondary N) is 1. The van der Waals surface area contributed by atoms with Gasteiger partial charge in [-0.2, -0.15) is 5.10 Å². The highest BCUT2D eigenvalue weighted by Gasteiger charge is 2.12. The summed E-state index contributed by atoms with van der Waals surface area (Å²) >= 11 is 0. The number of anilines is 1. The standard InChI is InChI=1S/C10H18N4O/c1-3-5-9(11)10(15)13-8-6-12-14(4-2)7-8/h6-7,9H,3-5,11H2,1-2H3,(H,13,15)/t9-/m0/s1. The lowest BCUT2D eigenvalue weighted by Gasteiger charge is -2.09. The summed E-state index contributed by atoms with van der Waals surface area (Å²) in [6.45, 7) is 4.78. The smallest absolute Gasteiger partial charge is 0.241 e. The highest BCUT2D eigenvalue weighted by Crippen LogP contribution is 2.06. The van der Waals surface area contributed by atoms with Crippen molar-refractivity contribution < 1.29 is 4.79 Å². The molecule has 84 valence electrons. The van der Waals surface area contributed by atoms with Gasteiger partial charge in [0.2, 0.25) is 5.91 Å². The maximum Gasteiger partial charge on any atom is 0.241 e. The van der Waals surface area contributed by atoms with E-state index in [9.17, 15) is 4.79 Å². The van der Waals surface area contributed by atoms with Crippen LogP contribution in [0.4, 0.5) is 5.69 Å². The van der Waals surface area contributed by atoms with Gasteiger partial charge in [-0.25, -0.2) is 0 Å². The van der Waals surface area contributed by atoms with Crippen molar-refractivity contribution >= 4 is 11.6 Å². The molecular weight excluding hydrogens is 192 g/mol. The second-order valence-corrected chi connectivity index (χ2v) is 3.47. The number of nitrogens with two attached hydrogens (primary N) is 1. The molecule has 3 N–H and O–H groups in total. The van der Waals surface area contributed by atoms with Crippen LogP contribution in [0, 0.1) is 0 Å². The van der Waals surface area contributed by atoms with E-state index in [1.54, 1.807) is 17.1 Å². The Morgan fingerprint density at radius 2 is 2.40 bits per heavy atom. The number of amides is 1. The number of rotatable bonds is 5. The molecule has 0 spiro atoms. The lowest BCUT2D eigenvalue weighted by Crippen LogP contribution is -2.35. The van der Waals surface area contributed by atoms with Crippen molar-refractivity contribution in [2.24, 2.45) is 5.73 Å². The average molecular weight is 210 g/mol. The number of nitrogens with zero attached hydrogens (tertiary/aromatic N) is 2. The van der Waals surface area contributed by atoms with Gasteiger partial charge in [-0.15, -0.1) is 0 Å². The summed E-state index contributed by atoms with van der Waals surface area (Å²) < 4.78 is 1.75. The second kappa shape index (κ2) is 5.50. The van der Waals surface area contributed by atoms with Crippen LogP contribution < -0.4 is 11.1 Å². The fourth-order valence-electron chi connectivity index (χ4n) is 1.28. The van der Waals surface area contributed by atoms with Crippen LogP contribution in [0.3, 0.4) is 0 Å². The monoisotopic (exact) mass is 210 g/mol.